The molecule has 6 rings (SSSR count). The minimum absolute atomic E-state index is 0.0551. The van der Waals surface area contributed by atoms with E-state index in [1.807, 2.05) is 78.1 Å². The summed E-state index contributed by atoms with van der Waals surface area (Å²) in [4.78, 5) is 27.1. The van der Waals surface area contributed by atoms with Crippen molar-refractivity contribution in [2.75, 3.05) is 18.8 Å². The molecular weight excluding hydrogens is 492 g/mol. The van der Waals surface area contributed by atoms with Crippen LogP contribution in [0, 0.1) is 6.92 Å². The number of fused-ring (bicyclic) bond motifs is 1. The van der Waals surface area contributed by atoms with Crippen LogP contribution < -0.4 is 10.5 Å². The summed E-state index contributed by atoms with van der Waals surface area (Å²) in [5.74, 6) is 1.57. The van der Waals surface area contributed by atoms with Gasteiger partial charge in [0, 0.05) is 49.2 Å². The van der Waals surface area contributed by atoms with E-state index >= 15 is 0 Å². The molecule has 0 bridgehead atoms. The lowest BCUT2D eigenvalue weighted by atomic mass is 10.00. The first-order chi connectivity index (χ1) is 18.9. The maximum Gasteiger partial charge on any atom is 0.246 e. The van der Waals surface area contributed by atoms with Gasteiger partial charge in [-0.25, -0.2) is 15.0 Å². The van der Waals surface area contributed by atoms with Crippen LogP contribution in [0.5, 0.6) is 11.6 Å². The Morgan fingerprint density at radius 2 is 1.97 bits per heavy atom. The van der Waals surface area contributed by atoms with Gasteiger partial charge in [0.15, 0.2) is 0 Å². The van der Waals surface area contributed by atoms with Gasteiger partial charge in [0.05, 0.1) is 23.3 Å². The third-order valence-corrected chi connectivity index (χ3v) is 7.12. The number of nitrogens with two attached hydrogens (primary N) is 1. The van der Waals surface area contributed by atoms with E-state index in [2.05, 4.69) is 26.6 Å². The Kier molecular flexibility index (Phi) is 6.07. The normalized spacial score (nSPS) is 15.1. The molecule has 1 amide bonds. The average Bonchev–Trinajstić information content (AvgIpc) is 3.67. The highest BCUT2D eigenvalue weighted by atomic mass is 16.5. The number of pyridine rings is 1. The molecule has 5 aromatic rings. The summed E-state index contributed by atoms with van der Waals surface area (Å²) in [5, 5.41) is 5.45. The maximum absolute atomic E-state index is 12.1. The molecule has 0 radical (unpaired) electrons. The number of nitrogen functional groups attached to an aromatic ring is 1. The third-order valence-electron chi connectivity index (χ3n) is 7.12. The quantitative estimate of drug-likeness (QED) is 0.327. The van der Waals surface area contributed by atoms with Gasteiger partial charge >= 0.3 is 0 Å². The summed E-state index contributed by atoms with van der Waals surface area (Å²) in [6.07, 6.45) is 7.54. The molecule has 0 saturated carbocycles. The van der Waals surface area contributed by atoms with Crippen molar-refractivity contribution in [2.45, 2.75) is 19.4 Å². The topological polar surface area (TPSA) is 117 Å². The minimum Gasteiger partial charge on any atom is -0.439 e. The van der Waals surface area contributed by atoms with Crippen molar-refractivity contribution >= 4 is 22.8 Å². The van der Waals surface area contributed by atoms with Crippen molar-refractivity contribution in [2.24, 2.45) is 7.05 Å². The predicted octanol–water partition coefficient (Wildman–Crippen LogP) is 4.54. The van der Waals surface area contributed by atoms with Gasteiger partial charge in [0.2, 0.25) is 11.8 Å². The predicted molar refractivity (Wildman–Crippen MR) is 149 cm³/mol. The van der Waals surface area contributed by atoms with Crippen molar-refractivity contribution in [1.82, 2.24) is 34.2 Å². The largest absolute Gasteiger partial charge is 0.439 e. The number of carbonyl (C=O) groups excluding carboxylic acids is 1. The van der Waals surface area contributed by atoms with E-state index in [4.69, 9.17) is 10.5 Å². The van der Waals surface area contributed by atoms with Crippen LogP contribution in [0.1, 0.15) is 18.2 Å². The van der Waals surface area contributed by atoms with Gasteiger partial charge in [-0.3, -0.25) is 9.48 Å². The molecule has 1 atom stereocenters. The van der Waals surface area contributed by atoms with Crippen LogP contribution in [0.3, 0.4) is 0 Å². The van der Waals surface area contributed by atoms with Crippen LogP contribution in [0.15, 0.2) is 73.8 Å². The van der Waals surface area contributed by atoms with E-state index in [9.17, 15) is 4.79 Å². The Balaban J connectivity index is 1.39. The number of likely N-dealkylation sites (tertiary alicyclic amines) is 1. The highest BCUT2D eigenvalue weighted by Gasteiger charge is 2.28. The molecule has 10 heteroatoms. The van der Waals surface area contributed by atoms with Gasteiger partial charge in [-0.2, -0.15) is 5.10 Å². The molecular formula is C29H28N8O2. The van der Waals surface area contributed by atoms with E-state index in [0.717, 1.165) is 45.5 Å². The summed E-state index contributed by atoms with van der Waals surface area (Å²) in [7, 11) is 1.96. The summed E-state index contributed by atoms with van der Waals surface area (Å²) >= 11 is 0. The summed E-state index contributed by atoms with van der Waals surface area (Å²) < 4.78 is 9.92. The van der Waals surface area contributed by atoms with Crippen LogP contribution in [-0.4, -0.2) is 53.2 Å². The summed E-state index contributed by atoms with van der Waals surface area (Å²) in [6, 6.07) is 13.6. The first-order valence-corrected chi connectivity index (χ1v) is 12.7. The summed E-state index contributed by atoms with van der Waals surface area (Å²) in [6.45, 7) is 6.81. The highest BCUT2D eigenvalue weighted by molar-refractivity contribution is 6.07. The second-order valence-corrected chi connectivity index (χ2v) is 9.62. The molecule has 1 unspecified atom stereocenters. The second-order valence-electron chi connectivity index (χ2n) is 9.62. The standard InChI is InChI=1S/C29H28N8O2/c1-4-24(38)36-13-12-21(16-36)37-15-20(14-33-37)27-25(26-28(30)31-17-32-29(26)35(27)3)19-8-10-22(11-9-19)39-23-7-5-6-18(2)34-23/h4-11,14-15,17,21H,1,12-13,16H2,2-3H3,(H2,30,31,32). The van der Waals surface area contributed by atoms with Gasteiger partial charge in [0.1, 0.15) is 23.5 Å². The Morgan fingerprint density at radius 3 is 2.74 bits per heavy atom. The number of aromatic nitrogens is 6. The lowest BCUT2D eigenvalue weighted by Gasteiger charge is -2.14. The zero-order chi connectivity index (χ0) is 27.1. The van der Waals surface area contributed by atoms with Gasteiger partial charge in [-0.05, 0) is 43.2 Å². The maximum atomic E-state index is 12.1. The van der Waals surface area contributed by atoms with Crippen molar-refractivity contribution in [1.29, 1.82) is 0 Å². The van der Waals surface area contributed by atoms with Crippen molar-refractivity contribution in [3.63, 3.8) is 0 Å². The molecule has 196 valence electrons. The molecule has 2 N–H and O–H groups in total. The van der Waals surface area contributed by atoms with Crippen LogP contribution in [0.25, 0.3) is 33.4 Å². The molecule has 0 aliphatic carbocycles. The van der Waals surface area contributed by atoms with E-state index < -0.39 is 0 Å². The lowest BCUT2D eigenvalue weighted by Crippen LogP contribution is -2.27. The SMILES string of the molecule is C=CC(=O)N1CCC(n2cc(-c3c(-c4ccc(Oc5cccc(C)n5)cc4)c4c(N)ncnc4n3C)cn2)C1. The smallest absolute Gasteiger partial charge is 0.246 e. The third kappa shape index (κ3) is 4.39. The fourth-order valence-electron chi connectivity index (χ4n) is 5.23. The van der Waals surface area contributed by atoms with Gasteiger partial charge in [-0.15, -0.1) is 0 Å². The van der Waals surface area contributed by atoms with Crippen LogP contribution in [0.4, 0.5) is 5.82 Å². The minimum atomic E-state index is -0.0551. The Morgan fingerprint density at radius 1 is 1.15 bits per heavy atom. The Bertz CT molecular complexity index is 1700. The molecule has 39 heavy (non-hydrogen) atoms. The molecule has 1 fully saturated rings. The molecule has 4 aromatic heterocycles. The van der Waals surface area contributed by atoms with Crippen molar-refractivity contribution < 1.29 is 9.53 Å². The molecule has 1 aromatic carbocycles. The number of benzene rings is 1. The van der Waals surface area contributed by atoms with E-state index in [1.54, 1.807) is 4.90 Å². The van der Waals surface area contributed by atoms with Gasteiger partial charge in [0.25, 0.3) is 0 Å². The van der Waals surface area contributed by atoms with Crippen molar-refractivity contribution in [3.05, 3.63) is 79.5 Å². The molecule has 5 heterocycles. The Hall–Kier alpha value is -4.99. The van der Waals surface area contributed by atoms with Crippen LogP contribution in [-0.2, 0) is 11.8 Å². The van der Waals surface area contributed by atoms with Gasteiger partial charge in [-0.1, -0.05) is 24.8 Å². The number of ether oxygens (including phenoxy) is 1. The fourth-order valence-corrected chi connectivity index (χ4v) is 5.23. The van der Waals surface area contributed by atoms with Crippen molar-refractivity contribution in [3.8, 4) is 34.0 Å². The van der Waals surface area contributed by atoms with Crippen LogP contribution >= 0.6 is 0 Å². The molecule has 0 spiro atoms. The zero-order valence-corrected chi connectivity index (χ0v) is 21.8. The number of nitrogens with zero attached hydrogens (tertiary/aromatic N) is 7. The lowest BCUT2D eigenvalue weighted by molar-refractivity contribution is -0.125. The molecule has 1 aliphatic rings. The molecule has 10 nitrogen and oxygen atoms in total. The number of hydrogen-bond acceptors (Lipinski definition) is 7. The van der Waals surface area contributed by atoms with Gasteiger partial charge < -0.3 is 19.9 Å². The number of carbonyl (C=O) groups is 1. The highest BCUT2D eigenvalue weighted by Crippen LogP contribution is 2.42. The first kappa shape index (κ1) is 24.4. The number of rotatable bonds is 6. The average molecular weight is 521 g/mol. The molecule has 1 aliphatic heterocycles. The second kappa shape index (κ2) is 9.71. The number of hydrogen-bond donors (Lipinski definition) is 1. The first-order valence-electron chi connectivity index (χ1n) is 12.7. The van der Waals surface area contributed by atoms with E-state index in [0.29, 0.717) is 30.5 Å². The van der Waals surface area contributed by atoms with E-state index in [1.165, 1.54) is 12.4 Å². The Labute approximate surface area is 225 Å². The number of aryl methyl sites for hydroxylation is 2. The summed E-state index contributed by atoms with van der Waals surface area (Å²) in [5.41, 5.74) is 11.7. The van der Waals surface area contributed by atoms with Crippen LogP contribution in [0.2, 0.25) is 0 Å². The number of amides is 1. The molecule has 1 saturated heterocycles. The fraction of sp³-hybridized carbons (Fsp3) is 0.207. The monoisotopic (exact) mass is 520 g/mol. The number of anilines is 1. The van der Waals surface area contributed by atoms with E-state index in [-0.39, 0.29) is 11.9 Å². The zero-order valence-electron chi connectivity index (χ0n) is 21.8.